The van der Waals surface area contributed by atoms with Crippen LogP contribution in [0, 0.1) is 23.2 Å². The van der Waals surface area contributed by atoms with Crippen molar-refractivity contribution in [2.45, 2.75) is 58.9 Å². The van der Waals surface area contributed by atoms with E-state index in [1.165, 1.54) is 31.9 Å². The lowest BCUT2D eigenvalue weighted by atomic mass is 9.53. The third-order valence-electron chi connectivity index (χ3n) is 6.27. The Morgan fingerprint density at radius 3 is 2.68 bits per heavy atom. The molecule has 4 atom stereocenters. The Morgan fingerprint density at radius 1 is 1.32 bits per heavy atom. The third-order valence-corrected chi connectivity index (χ3v) is 6.27. The van der Waals surface area contributed by atoms with Gasteiger partial charge in [-0.05, 0) is 49.4 Å². The largest absolute Gasteiger partial charge is 0.468 e. The van der Waals surface area contributed by atoms with Gasteiger partial charge in [-0.2, -0.15) is 0 Å². The van der Waals surface area contributed by atoms with E-state index in [9.17, 15) is 9.59 Å². The van der Waals surface area contributed by atoms with Crippen LogP contribution in [-0.4, -0.2) is 38.1 Å². The summed E-state index contributed by atoms with van der Waals surface area (Å²) in [6.45, 7) is 11.4. The van der Waals surface area contributed by atoms with Gasteiger partial charge in [-0.25, -0.2) is 0 Å². The van der Waals surface area contributed by atoms with Gasteiger partial charge in [0.2, 0.25) is 5.91 Å². The van der Waals surface area contributed by atoms with Gasteiger partial charge in [0.15, 0.2) is 0 Å². The fraction of sp³-hybridized carbons (Fsp3) is 0.800. The predicted octanol–water partition coefficient (Wildman–Crippen LogP) is 2.66. The van der Waals surface area contributed by atoms with Gasteiger partial charge in [-0.15, -0.1) is 0 Å². The first-order valence-corrected chi connectivity index (χ1v) is 9.53. The van der Waals surface area contributed by atoms with Crippen LogP contribution >= 0.6 is 0 Å². The molecule has 2 aliphatic carbocycles. The number of methoxy groups -OCH3 is 1. The van der Waals surface area contributed by atoms with Gasteiger partial charge in [0, 0.05) is 12.0 Å². The molecule has 2 aliphatic rings. The molecule has 0 aromatic carbocycles. The minimum atomic E-state index is -0.362. The van der Waals surface area contributed by atoms with E-state index in [1.54, 1.807) is 0 Å². The van der Waals surface area contributed by atoms with Crippen molar-refractivity contribution in [3.05, 3.63) is 12.2 Å². The molecule has 0 heterocycles. The van der Waals surface area contributed by atoms with Crippen molar-refractivity contribution in [3.8, 4) is 0 Å². The number of hydrogen-bond donors (Lipinski definition) is 2. The number of amides is 1. The first kappa shape index (κ1) is 20.0. The van der Waals surface area contributed by atoms with Crippen molar-refractivity contribution in [2.75, 3.05) is 20.2 Å². The lowest BCUT2D eigenvalue weighted by Crippen LogP contribution is -2.57. The Hall–Kier alpha value is -1.36. The summed E-state index contributed by atoms with van der Waals surface area (Å²) >= 11 is 0. The number of esters is 1. The summed E-state index contributed by atoms with van der Waals surface area (Å²) in [7, 11) is 1.34. The van der Waals surface area contributed by atoms with E-state index in [1.807, 2.05) is 0 Å². The highest BCUT2D eigenvalue weighted by atomic mass is 16.5. The van der Waals surface area contributed by atoms with Crippen LogP contribution in [0.2, 0.25) is 0 Å². The van der Waals surface area contributed by atoms with E-state index < -0.39 is 0 Å². The van der Waals surface area contributed by atoms with Crippen molar-refractivity contribution in [3.63, 3.8) is 0 Å². The number of carbonyl (C=O) groups excluding carboxylic acids is 2. The van der Waals surface area contributed by atoms with Gasteiger partial charge < -0.3 is 10.1 Å². The highest BCUT2D eigenvalue weighted by molar-refractivity contribution is 5.79. The van der Waals surface area contributed by atoms with E-state index in [-0.39, 0.29) is 36.4 Å². The number of rotatable bonds is 6. The van der Waals surface area contributed by atoms with Crippen molar-refractivity contribution < 1.29 is 14.3 Å². The van der Waals surface area contributed by atoms with Crippen LogP contribution in [0.15, 0.2) is 12.2 Å². The molecule has 0 unspecified atom stereocenters. The smallest absolute Gasteiger partial charge is 0.319 e. The van der Waals surface area contributed by atoms with Crippen LogP contribution in [0.5, 0.6) is 0 Å². The van der Waals surface area contributed by atoms with Crippen LogP contribution in [0.1, 0.15) is 52.9 Å². The lowest BCUT2D eigenvalue weighted by Gasteiger charge is -2.54. The molecule has 0 saturated heterocycles. The molecule has 2 fully saturated rings. The molecule has 5 nitrogen and oxygen atoms in total. The zero-order chi connectivity index (χ0) is 18.6. The van der Waals surface area contributed by atoms with E-state index >= 15 is 0 Å². The molecule has 2 saturated carbocycles. The van der Waals surface area contributed by atoms with Gasteiger partial charge in [0.05, 0.1) is 20.2 Å². The van der Waals surface area contributed by atoms with E-state index in [0.717, 1.165) is 12.8 Å². The van der Waals surface area contributed by atoms with Gasteiger partial charge in [0.25, 0.3) is 0 Å². The summed E-state index contributed by atoms with van der Waals surface area (Å²) in [6, 6.07) is 0.138. The molecule has 0 bridgehead atoms. The molecule has 25 heavy (non-hydrogen) atoms. The Kier molecular flexibility index (Phi) is 6.66. The van der Waals surface area contributed by atoms with Gasteiger partial charge in [-0.1, -0.05) is 32.9 Å². The Morgan fingerprint density at radius 2 is 2.04 bits per heavy atom. The van der Waals surface area contributed by atoms with E-state index in [0.29, 0.717) is 17.8 Å². The molecule has 0 radical (unpaired) electrons. The van der Waals surface area contributed by atoms with E-state index in [4.69, 9.17) is 0 Å². The molecule has 5 heteroatoms. The minimum Gasteiger partial charge on any atom is -0.468 e. The average molecular weight is 351 g/mol. The van der Waals surface area contributed by atoms with Crippen LogP contribution in [-0.2, 0) is 14.3 Å². The molecule has 142 valence electrons. The molecule has 0 aliphatic heterocycles. The summed E-state index contributed by atoms with van der Waals surface area (Å²) in [5, 5.41) is 6.14. The van der Waals surface area contributed by atoms with Gasteiger partial charge >= 0.3 is 5.97 Å². The van der Waals surface area contributed by atoms with Crippen LogP contribution in [0.4, 0.5) is 0 Å². The zero-order valence-corrected chi connectivity index (χ0v) is 16.2. The lowest BCUT2D eigenvalue weighted by molar-refractivity contribution is -0.139. The maximum Gasteiger partial charge on any atom is 0.319 e. The molecule has 1 amide bonds. The second-order valence-electron chi connectivity index (χ2n) is 8.36. The Labute approximate surface area is 152 Å². The van der Waals surface area contributed by atoms with Crippen LogP contribution in [0.3, 0.4) is 0 Å². The standard InChI is InChI=1S/C20H34N2O3/c1-13(2)15-8-10-20(4)9-6-7-14(3)18(20)19(15)22-16(23)11-21-12-17(24)25-5/h13,15,18-19,21H,3,6-12H2,1-2,4-5H3,(H,22,23)/t15-,18+,19-,20+/m0/s1. The normalized spacial score (nSPS) is 32.2. The summed E-state index contributed by atoms with van der Waals surface area (Å²) in [4.78, 5) is 23.6. The fourth-order valence-corrected chi connectivity index (χ4v) is 4.94. The van der Waals surface area contributed by atoms with Crippen molar-refractivity contribution in [1.82, 2.24) is 10.6 Å². The molecule has 2 rings (SSSR count). The second-order valence-corrected chi connectivity index (χ2v) is 8.36. The van der Waals surface area contributed by atoms with Gasteiger partial charge in [0.1, 0.15) is 0 Å². The molecule has 0 aromatic heterocycles. The van der Waals surface area contributed by atoms with Crippen molar-refractivity contribution in [2.24, 2.45) is 23.2 Å². The molecule has 0 spiro atoms. The average Bonchev–Trinajstić information content (AvgIpc) is 2.53. The fourth-order valence-electron chi connectivity index (χ4n) is 4.94. The summed E-state index contributed by atoms with van der Waals surface area (Å²) < 4.78 is 4.58. The number of nitrogens with one attached hydrogen (secondary N) is 2. The third kappa shape index (κ3) is 4.63. The quantitative estimate of drug-likeness (QED) is 0.571. The number of fused-ring (bicyclic) bond motifs is 1. The zero-order valence-electron chi connectivity index (χ0n) is 16.2. The SMILES string of the molecule is C=C1CCC[C@]2(C)CC[C@@H](C(C)C)[C@H](NC(=O)CNCC(=O)OC)[C@@H]12. The second kappa shape index (κ2) is 8.35. The maximum atomic E-state index is 12.5. The Balaban J connectivity index is 2.07. The molecule has 0 aromatic rings. The van der Waals surface area contributed by atoms with Crippen molar-refractivity contribution in [1.29, 1.82) is 0 Å². The van der Waals surface area contributed by atoms with Crippen molar-refractivity contribution >= 4 is 11.9 Å². The topological polar surface area (TPSA) is 67.4 Å². The highest BCUT2D eigenvalue weighted by Gasteiger charge is 2.49. The first-order chi connectivity index (χ1) is 11.8. The van der Waals surface area contributed by atoms with E-state index in [2.05, 4.69) is 42.7 Å². The number of carbonyl (C=O) groups is 2. The molecule has 2 N–H and O–H groups in total. The number of ether oxygens (including phenoxy) is 1. The Bertz CT molecular complexity index is 517. The minimum absolute atomic E-state index is 0.0516. The summed E-state index contributed by atoms with van der Waals surface area (Å²) in [6.07, 6.45) is 5.86. The number of hydrogen-bond acceptors (Lipinski definition) is 4. The van der Waals surface area contributed by atoms with Crippen LogP contribution < -0.4 is 10.6 Å². The molecular formula is C20H34N2O3. The monoisotopic (exact) mass is 350 g/mol. The highest BCUT2D eigenvalue weighted by Crippen LogP contribution is 2.54. The van der Waals surface area contributed by atoms with Crippen LogP contribution in [0.25, 0.3) is 0 Å². The summed E-state index contributed by atoms with van der Waals surface area (Å²) in [5.74, 6) is 0.929. The summed E-state index contributed by atoms with van der Waals surface area (Å²) in [5.41, 5.74) is 1.55. The van der Waals surface area contributed by atoms with Gasteiger partial charge in [-0.3, -0.25) is 14.9 Å². The maximum absolute atomic E-state index is 12.5. The first-order valence-electron chi connectivity index (χ1n) is 9.53. The predicted molar refractivity (Wildman–Crippen MR) is 99.0 cm³/mol. The molecular weight excluding hydrogens is 316 g/mol.